The van der Waals surface area contributed by atoms with E-state index in [2.05, 4.69) is 10.0 Å². The van der Waals surface area contributed by atoms with Crippen LogP contribution in [-0.2, 0) is 14.8 Å². The van der Waals surface area contributed by atoms with E-state index >= 15 is 0 Å². The van der Waals surface area contributed by atoms with Crippen LogP contribution in [0.1, 0.15) is 19.4 Å². The summed E-state index contributed by atoms with van der Waals surface area (Å²) < 4.78 is 26.2. The largest absolute Gasteiger partial charge is 0.355 e. The third-order valence-electron chi connectivity index (χ3n) is 2.37. The number of hydrogen-bond donors (Lipinski definition) is 2. The molecule has 1 rings (SSSR count). The van der Waals surface area contributed by atoms with Gasteiger partial charge in [-0.05, 0) is 38.1 Å². The number of rotatable bonds is 5. The minimum Gasteiger partial charge on any atom is -0.355 e. The number of nitriles is 1. The molecule has 0 aliphatic rings. The molecule has 1 unspecified atom stereocenters. The second kappa shape index (κ2) is 6.31. The van der Waals surface area contributed by atoms with Crippen LogP contribution in [0.15, 0.2) is 29.2 Å². The van der Waals surface area contributed by atoms with Crippen molar-refractivity contribution in [2.45, 2.75) is 24.8 Å². The summed E-state index contributed by atoms with van der Waals surface area (Å²) in [5, 5.41) is 11.2. The summed E-state index contributed by atoms with van der Waals surface area (Å²) in [6.07, 6.45) is 0. The van der Waals surface area contributed by atoms with E-state index < -0.39 is 16.1 Å². The molecule has 1 aromatic carbocycles. The molecule has 19 heavy (non-hydrogen) atoms. The Morgan fingerprint density at radius 2 is 1.95 bits per heavy atom. The van der Waals surface area contributed by atoms with Gasteiger partial charge in [-0.3, -0.25) is 4.79 Å². The Labute approximate surface area is 112 Å². The summed E-state index contributed by atoms with van der Waals surface area (Å²) >= 11 is 0. The smallest absolute Gasteiger partial charge is 0.241 e. The van der Waals surface area contributed by atoms with Crippen LogP contribution in [0.5, 0.6) is 0 Å². The van der Waals surface area contributed by atoms with E-state index in [9.17, 15) is 13.2 Å². The highest BCUT2D eigenvalue weighted by atomic mass is 32.2. The molecule has 6 nitrogen and oxygen atoms in total. The Bertz CT molecular complexity index is 588. The SMILES string of the molecule is CCNC(=O)C(C)NS(=O)(=O)c1ccc(C#N)cc1. The van der Waals surface area contributed by atoms with Gasteiger partial charge in [-0.15, -0.1) is 0 Å². The molecule has 0 bridgehead atoms. The molecule has 0 heterocycles. The van der Waals surface area contributed by atoms with Gasteiger partial charge in [-0.2, -0.15) is 9.98 Å². The van der Waals surface area contributed by atoms with Gasteiger partial charge in [0.05, 0.1) is 22.6 Å². The summed E-state index contributed by atoms with van der Waals surface area (Å²) in [6.45, 7) is 3.65. The van der Waals surface area contributed by atoms with Crippen LogP contribution >= 0.6 is 0 Å². The minimum absolute atomic E-state index is 0.0163. The van der Waals surface area contributed by atoms with Crippen molar-refractivity contribution in [2.24, 2.45) is 0 Å². The molecule has 1 aromatic rings. The molecular formula is C12H15N3O3S. The second-order valence-electron chi connectivity index (χ2n) is 3.87. The molecule has 0 fully saturated rings. The van der Waals surface area contributed by atoms with Gasteiger partial charge in [0.2, 0.25) is 15.9 Å². The first-order valence-electron chi connectivity index (χ1n) is 5.71. The van der Waals surface area contributed by atoms with Crippen LogP contribution in [0.2, 0.25) is 0 Å². The van der Waals surface area contributed by atoms with E-state index in [1.54, 1.807) is 6.92 Å². The van der Waals surface area contributed by atoms with Gasteiger partial charge in [0, 0.05) is 6.54 Å². The molecular weight excluding hydrogens is 266 g/mol. The van der Waals surface area contributed by atoms with Crippen molar-refractivity contribution < 1.29 is 13.2 Å². The fourth-order valence-corrected chi connectivity index (χ4v) is 2.59. The van der Waals surface area contributed by atoms with Crippen LogP contribution < -0.4 is 10.0 Å². The van der Waals surface area contributed by atoms with Crippen molar-refractivity contribution in [3.8, 4) is 6.07 Å². The lowest BCUT2D eigenvalue weighted by atomic mass is 10.2. The van der Waals surface area contributed by atoms with Gasteiger partial charge in [-0.1, -0.05) is 0 Å². The van der Waals surface area contributed by atoms with Gasteiger partial charge in [0.25, 0.3) is 0 Å². The average molecular weight is 281 g/mol. The van der Waals surface area contributed by atoms with E-state index in [1.165, 1.54) is 31.2 Å². The maximum Gasteiger partial charge on any atom is 0.241 e. The average Bonchev–Trinajstić information content (AvgIpc) is 2.38. The Kier molecular flexibility index (Phi) is 5.03. The molecule has 0 saturated carbocycles. The number of likely N-dealkylation sites (N-methyl/N-ethyl adjacent to an activating group) is 1. The quantitative estimate of drug-likeness (QED) is 0.814. The Morgan fingerprint density at radius 3 is 2.42 bits per heavy atom. The molecule has 0 aliphatic heterocycles. The molecule has 7 heteroatoms. The van der Waals surface area contributed by atoms with Crippen LogP contribution in [0, 0.1) is 11.3 Å². The number of carbonyl (C=O) groups is 1. The van der Waals surface area contributed by atoms with Crippen LogP contribution in [0.25, 0.3) is 0 Å². The Balaban J connectivity index is 2.86. The van der Waals surface area contributed by atoms with Gasteiger partial charge in [0.15, 0.2) is 0 Å². The maximum absolute atomic E-state index is 12.0. The number of nitrogens with zero attached hydrogens (tertiary/aromatic N) is 1. The van der Waals surface area contributed by atoms with Gasteiger partial charge in [0.1, 0.15) is 0 Å². The predicted octanol–water partition coefficient (Wildman–Crippen LogP) is 0.361. The molecule has 1 amide bonds. The molecule has 102 valence electrons. The van der Waals surface area contributed by atoms with E-state index in [0.29, 0.717) is 12.1 Å². The first-order chi connectivity index (χ1) is 8.90. The molecule has 0 radical (unpaired) electrons. The van der Waals surface area contributed by atoms with E-state index in [0.717, 1.165) is 0 Å². The maximum atomic E-state index is 12.0. The molecule has 0 aromatic heterocycles. The summed E-state index contributed by atoms with van der Waals surface area (Å²) in [5.74, 6) is -0.389. The topological polar surface area (TPSA) is 99.1 Å². The fourth-order valence-electron chi connectivity index (χ4n) is 1.39. The normalized spacial score (nSPS) is 12.5. The summed E-state index contributed by atoms with van der Waals surface area (Å²) in [5.41, 5.74) is 0.371. The van der Waals surface area contributed by atoms with E-state index in [4.69, 9.17) is 5.26 Å². The fraction of sp³-hybridized carbons (Fsp3) is 0.333. The third kappa shape index (κ3) is 4.05. The summed E-state index contributed by atoms with van der Waals surface area (Å²) in [6, 6.07) is 6.51. The highest BCUT2D eigenvalue weighted by molar-refractivity contribution is 7.89. The van der Waals surface area contributed by atoms with Crippen LogP contribution in [-0.4, -0.2) is 26.9 Å². The van der Waals surface area contributed by atoms with Gasteiger partial charge >= 0.3 is 0 Å². The number of carbonyl (C=O) groups excluding carboxylic acids is 1. The lowest BCUT2D eigenvalue weighted by Crippen LogP contribution is -2.44. The van der Waals surface area contributed by atoms with E-state index in [1.807, 2.05) is 6.07 Å². The van der Waals surface area contributed by atoms with E-state index in [-0.39, 0.29) is 10.8 Å². The van der Waals surface area contributed by atoms with Gasteiger partial charge in [-0.25, -0.2) is 8.42 Å². The lowest BCUT2D eigenvalue weighted by Gasteiger charge is -2.13. The highest BCUT2D eigenvalue weighted by Gasteiger charge is 2.21. The number of nitrogens with one attached hydrogen (secondary N) is 2. The first kappa shape index (κ1) is 15.1. The zero-order valence-corrected chi connectivity index (χ0v) is 11.5. The number of sulfonamides is 1. The van der Waals surface area contributed by atoms with Crippen molar-refractivity contribution in [1.29, 1.82) is 5.26 Å². The Morgan fingerprint density at radius 1 is 1.37 bits per heavy atom. The van der Waals surface area contributed by atoms with Gasteiger partial charge < -0.3 is 5.32 Å². The zero-order chi connectivity index (χ0) is 14.5. The van der Waals surface area contributed by atoms with Crippen molar-refractivity contribution in [3.63, 3.8) is 0 Å². The third-order valence-corrected chi connectivity index (χ3v) is 3.93. The summed E-state index contributed by atoms with van der Waals surface area (Å²) in [7, 11) is -3.77. The highest BCUT2D eigenvalue weighted by Crippen LogP contribution is 2.10. The number of amides is 1. The van der Waals surface area contributed by atoms with Crippen LogP contribution in [0.3, 0.4) is 0 Å². The van der Waals surface area contributed by atoms with Crippen molar-refractivity contribution in [3.05, 3.63) is 29.8 Å². The second-order valence-corrected chi connectivity index (χ2v) is 5.59. The van der Waals surface area contributed by atoms with Crippen molar-refractivity contribution in [2.75, 3.05) is 6.54 Å². The van der Waals surface area contributed by atoms with Crippen LogP contribution in [0.4, 0.5) is 0 Å². The molecule has 0 aliphatic carbocycles. The van der Waals surface area contributed by atoms with Crippen molar-refractivity contribution >= 4 is 15.9 Å². The molecule has 2 N–H and O–H groups in total. The molecule has 0 saturated heterocycles. The number of benzene rings is 1. The monoisotopic (exact) mass is 281 g/mol. The van der Waals surface area contributed by atoms with Crippen molar-refractivity contribution in [1.82, 2.24) is 10.0 Å². The zero-order valence-electron chi connectivity index (χ0n) is 10.7. The first-order valence-corrected chi connectivity index (χ1v) is 7.19. The minimum atomic E-state index is -3.77. The molecule has 1 atom stereocenters. The standard InChI is InChI=1S/C12H15N3O3S/c1-3-14-12(16)9(2)15-19(17,18)11-6-4-10(8-13)5-7-11/h4-7,9,15H,3H2,1-2H3,(H,14,16). The lowest BCUT2D eigenvalue weighted by molar-refractivity contribution is -0.122. The number of hydrogen-bond acceptors (Lipinski definition) is 4. The summed E-state index contributed by atoms with van der Waals surface area (Å²) in [4.78, 5) is 11.5. The molecule has 0 spiro atoms. The predicted molar refractivity (Wildman–Crippen MR) is 69.6 cm³/mol. The Hall–Kier alpha value is -1.91.